The van der Waals surface area contributed by atoms with Crippen molar-refractivity contribution in [2.24, 2.45) is 0 Å². The zero-order valence-corrected chi connectivity index (χ0v) is 6.25. The van der Waals surface area contributed by atoms with E-state index in [0.29, 0.717) is 0 Å². The third-order valence-electron chi connectivity index (χ3n) is 0.800. The van der Waals surface area contributed by atoms with E-state index in [1.807, 2.05) is 5.32 Å². The quantitative estimate of drug-likeness (QED) is 0.594. The molecule has 11 heavy (non-hydrogen) atoms. The molecule has 0 fully saturated rings. The summed E-state index contributed by atoms with van der Waals surface area (Å²) in [4.78, 5) is 20.7. The van der Waals surface area contributed by atoms with E-state index in [9.17, 15) is 14.7 Å². The van der Waals surface area contributed by atoms with Crippen LogP contribution in [-0.4, -0.2) is 25.2 Å². The number of rotatable bonds is 3. The Labute approximate surface area is 64.3 Å². The Morgan fingerprint density at radius 1 is 1.45 bits per heavy atom. The first-order valence-corrected chi connectivity index (χ1v) is 3.19. The molecule has 0 bridgehead atoms. The minimum absolute atomic E-state index is 0.0581. The molecule has 0 saturated heterocycles. The Kier molecular flexibility index (Phi) is 5.10. The van der Waals surface area contributed by atoms with Gasteiger partial charge in [-0.1, -0.05) is 0 Å². The van der Waals surface area contributed by atoms with Gasteiger partial charge in [-0.3, -0.25) is 10.1 Å². The molecule has 0 rings (SSSR count). The monoisotopic (exact) mass is 160 g/mol. The first-order chi connectivity index (χ1) is 5.16. The highest BCUT2D eigenvalue weighted by molar-refractivity contribution is 5.90. The summed E-state index contributed by atoms with van der Waals surface area (Å²) in [7, 11) is 0. The van der Waals surface area contributed by atoms with Crippen molar-refractivity contribution in [3.63, 3.8) is 0 Å². The van der Waals surface area contributed by atoms with Crippen molar-refractivity contribution in [3.05, 3.63) is 0 Å². The van der Waals surface area contributed by atoms with Crippen molar-refractivity contribution in [2.75, 3.05) is 13.2 Å². The molecule has 5 nitrogen and oxygen atoms in total. The number of imide groups is 1. The summed E-state index contributed by atoms with van der Waals surface area (Å²) in [6.07, 6.45) is -0.531. The highest BCUT2D eigenvalue weighted by Crippen LogP contribution is 1.82. The maximum absolute atomic E-state index is 10.5. The average Bonchev–Trinajstić information content (AvgIpc) is 1.86. The molecule has 0 unspecified atom stereocenters. The standard InChI is InChI=1S/C6H10NO4/c1-5(9)7-6(10)11-4-2-3-8/h2-4H2,1H3,(H,7,9,10). The number of amides is 2. The van der Waals surface area contributed by atoms with Gasteiger partial charge in [-0.15, -0.1) is 0 Å². The van der Waals surface area contributed by atoms with Crippen LogP contribution in [0, 0.1) is 0 Å². The third kappa shape index (κ3) is 6.79. The fourth-order valence-electron chi connectivity index (χ4n) is 0.404. The van der Waals surface area contributed by atoms with E-state index in [0.717, 1.165) is 0 Å². The molecule has 0 aliphatic carbocycles. The third-order valence-corrected chi connectivity index (χ3v) is 0.800. The summed E-state index contributed by atoms with van der Waals surface area (Å²) in [5.74, 6) is -0.475. The maximum atomic E-state index is 10.5. The number of hydrogen-bond donors (Lipinski definition) is 1. The zero-order valence-electron chi connectivity index (χ0n) is 6.25. The van der Waals surface area contributed by atoms with Crippen LogP contribution >= 0.6 is 0 Å². The van der Waals surface area contributed by atoms with Crippen LogP contribution in [0.1, 0.15) is 13.3 Å². The predicted molar refractivity (Wildman–Crippen MR) is 35.3 cm³/mol. The van der Waals surface area contributed by atoms with Crippen molar-refractivity contribution >= 4 is 12.0 Å². The minimum atomic E-state index is -0.800. The first-order valence-electron chi connectivity index (χ1n) is 3.19. The zero-order chi connectivity index (χ0) is 8.69. The Balaban J connectivity index is 3.30. The summed E-state index contributed by atoms with van der Waals surface area (Å²) < 4.78 is 4.42. The maximum Gasteiger partial charge on any atom is 0.413 e. The lowest BCUT2D eigenvalue weighted by Crippen LogP contribution is -2.28. The highest BCUT2D eigenvalue weighted by atomic mass is 16.5. The SMILES string of the molecule is CC(=O)NC(=O)OCCC[O]. The van der Waals surface area contributed by atoms with Gasteiger partial charge in [-0.25, -0.2) is 9.90 Å². The normalized spacial score (nSPS) is 8.91. The van der Waals surface area contributed by atoms with Gasteiger partial charge in [-0.05, 0) is 0 Å². The van der Waals surface area contributed by atoms with Crippen molar-refractivity contribution in [1.29, 1.82) is 0 Å². The van der Waals surface area contributed by atoms with Crippen molar-refractivity contribution in [2.45, 2.75) is 13.3 Å². The average molecular weight is 160 g/mol. The summed E-state index contributed by atoms with van der Waals surface area (Å²) in [6.45, 7) is 0.977. The number of hydrogen-bond acceptors (Lipinski definition) is 3. The molecule has 0 aromatic heterocycles. The molecule has 1 N–H and O–H groups in total. The molecule has 0 spiro atoms. The second-order valence-electron chi connectivity index (χ2n) is 1.87. The lowest BCUT2D eigenvalue weighted by atomic mass is 10.5. The van der Waals surface area contributed by atoms with Gasteiger partial charge in [0.25, 0.3) is 0 Å². The van der Waals surface area contributed by atoms with E-state index in [4.69, 9.17) is 0 Å². The molecule has 0 aliphatic heterocycles. The van der Waals surface area contributed by atoms with Gasteiger partial charge in [0.2, 0.25) is 5.91 Å². The van der Waals surface area contributed by atoms with Crippen LogP contribution in [0.3, 0.4) is 0 Å². The number of ether oxygens (including phenoxy) is 1. The molecule has 1 radical (unpaired) electrons. The second-order valence-corrected chi connectivity index (χ2v) is 1.87. The van der Waals surface area contributed by atoms with Crippen molar-refractivity contribution < 1.29 is 19.4 Å². The Hall–Kier alpha value is -1.10. The molecule has 0 atom stereocenters. The summed E-state index contributed by atoms with van der Waals surface area (Å²) in [5, 5.41) is 11.8. The minimum Gasteiger partial charge on any atom is -0.449 e. The van der Waals surface area contributed by atoms with Crippen molar-refractivity contribution in [3.8, 4) is 0 Å². The Bertz CT molecular complexity index is 146. The molecular formula is C6H10NO4. The molecule has 63 valence electrons. The topological polar surface area (TPSA) is 75.3 Å². The highest BCUT2D eigenvalue weighted by Gasteiger charge is 2.02. The van der Waals surface area contributed by atoms with Gasteiger partial charge in [0.05, 0.1) is 13.2 Å². The van der Waals surface area contributed by atoms with Gasteiger partial charge in [-0.2, -0.15) is 0 Å². The molecule has 5 heteroatoms. The summed E-state index contributed by atoms with van der Waals surface area (Å²) in [5.41, 5.74) is 0. The van der Waals surface area contributed by atoms with E-state index in [-0.39, 0.29) is 19.6 Å². The molecule has 0 aromatic rings. The number of nitrogens with one attached hydrogen (secondary N) is 1. The lowest BCUT2D eigenvalue weighted by molar-refractivity contribution is -0.118. The molecular weight excluding hydrogens is 150 g/mol. The van der Waals surface area contributed by atoms with Crippen LogP contribution in [0.5, 0.6) is 0 Å². The van der Waals surface area contributed by atoms with Gasteiger partial charge < -0.3 is 4.74 Å². The molecule has 0 aliphatic rings. The smallest absolute Gasteiger partial charge is 0.413 e. The van der Waals surface area contributed by atoms with E-state index in [1.165, 1.54) is 6.92 Å². The van der Waals surface area contributed by atoms with Gasteiger partial charge >= 0.3 is 6.09 Å². The molecule has 0 aromatic carbocycles. The largest absolute Gasteiger partial charge is 0.449 e. The van der Waals surface area contributed by atoms with Crippen LogP contribution in [0.4, 0.5) is 4.79 Å². The number of alkyl carbamates (subject to hydrolysis) is 1. The summed E-state index contributed by atoms with van der Waals surface area (Å²) >= 11 is 0. The van der Waals surface area contributed by atoms with Crippen LogP contribution in [0.2, 0.25) is 0 Å². The molecule has 0 heterocycles. The number of carbonyl (C=O) groups is 2. The number of carbonyl (C=O) groups excluding carboxylic acids is 2. The Morgan fingerprint density at radius 2 is 2.09 bits per heavy atom. The first kappa shape index (κ1) is 9.90. The van der Waals surface area contributed by atoms with Crippen LogP contribution < -0.4 is 5.32 Å². The van der Waals surface area contributed by atoms with Gasteiger partial charge in [0.15, 0.2) is 0 Å². The molecule has 2 amide bonds. The van der Waals surface area contributed by atoms with Gasteiger partial charge in [0, 0.05) is 13.3 Å². The Morgan fingerprint density at radius 3 is 2.55 bits per heavy atom. The fourth-order valence-corrected chi connectivity index (χ4v) is 0.404. The van der Waals surface area contributed by atoms with Crippen LogP contribution in [0.25, 0.3) is 0 Å². The second kappa shape index (κ2) is 5.67. The predicted octanol–water partition coefficient (Wildman–Crippen LogP) is 0.0797. The molecule has 0 saturated carbocycles. The van der Waals surface area contributed by atoms with E-state index in [1.54, 1.807) is 0 Å². The van der Waals surface area contributed by atoms with Crippen LogP contribution in [-0.2, 0) is 14.6 Å². The summed E-state index contributed by atoms with van der Waals surface area (Å²) in [6, 6.07) is 0. The van der Waals surface area contributed by atoms with E-state index < -0.39 is 12.0 Å². The van der Waals surface area contributed by atoms with Crippen molar-refractivity contribution in [1.82, 2.24) is 5.32 Å². The van der Waals surface area contributed by atoms with Gasteiger partial charge in [0.1, 0.15) is 0 Å². The van der Waals surface area contributed by atoms with Crippen LogP contribution in [0.15, 0.2) is 0 Å². The fraction of sp³-hybridized carbons (Fsp3) is 0.667. The lowest BCUT2D eigenvalue weighted by Gasteiger charge is -2.01. The van der Waals surface area contributed by atoms with E-state index in [2.05, 4.69) is 4.74 Å². The van der Waals surface area contributed by atoms with E-state index >= 15 is 0 Å².